The molecule has 0 fully saturated rings. The van der Waals surface area contributed by atoms with Gasteiger partial charge in [0, 0.05) is 18.0 Å². The lowest BCUT2D eigenvalue weighted by Crippen LogP contribution is -2.31. The van der Waals surface area contributed by atoms with E-state index in [2.05, 4.69) is 4.98 Å². The van der Waals surface area contributed by atoms with E-state index in [4.69, 9.17) is 10.8 Å². The summed E-state index contributed by atoms with van der Waals surface area (Å²) in [5.74, 6) is -0.930. The van der Waals surface area contributed by atoms with Crippen molar-refractivity contribution in [3.05, 3.63) is 11.6 Å². The van der Waals surface area contributed by atoms with Crippen LogP contribution in [0.15, 0.2) is 15.9 Å². The summed E-state index contributed by atoms with van der Waals surface area (Å²) < 4.78 is 0.775. The summed E-state index contributed by atoms with van der Waals surface area (Å²) >= 11 is 2.69. The van der Waals surface area contributed by atoms with E-state index in [1.54, 1.807) is 6.20 Å². The van der Waals surface area contributed by atoms with Crippen molar-refractivity contribution in [2.75, 3.05) is 0 Å². The Kier molecular flexibility index (Phi) is 5.03. The average molecular weight is 248 g/mol. The predicted octanol–water partition coefficient (Wildman–Crippen LogP) is 0.746. The fourth-order valence-corrected chi connectivity index (χ4v) is 2.63. The maximum absolute atomic E-state index is 10.3. The molecule has 0 bridgehead atoms. The molecule has 2 atom stereocenters. The Bertz CT molecular complexity index is 305. The second kappa shape index (κ2) is 6.06. The second-order valence-electron chi connectivity index (χ2n) is 2.88. The average Bonchev–Trinajstić information content (AvgIpc) is 2.66. The van der Waals surface area contributed by atoms with E-state index in [-0.39, 0.29) is 12.8 Å². The quantitative estimate of drug-likeness (QED) is 0.507. The van der Waals surface area contributed by atoms with Crippen molar-refractivity contribution >= 4 is 29.1 Å². The molecule has 5 nitrogen and oxygen atoms in total. The van der Waals surface area contributed by atoms with E-state index in [1.807, 2.05) is 5.38 Å². The first-order valence-electron chi connectivity index (χ1n) is 4.31. The van der Waals surface area contributed by atoms with E-state index in [0.29, 0.717) is 0 Å². The highest BCUT2D eigenvalue weighted by Crippen LogP contribution is 2.25. The van der Waals surface area contributed by atoms with Gasteiger partial charge in [-0.2, -0.15) is 0 Å². The first-order chi connectivity index (χ1) is 7.09. The molecule has 84 valence electrons. The van der Waals surface area contributed by atoms with Crippen molar-refractivity contribution in [1.29, 1.82) is 0 Å². The number of thiazole rings is 1. The summed E-state index contributed by atoms with van der Waals surface area (Å²) in [6.45, 7) is 0. The summed E-state index contributed by atoms with van der Waals surface area (Å²) in [5, 5.41) is 19.3. The number of rotatable bonds is 6. The molecule has 4 N–H and O–H groups in total. The fraction of sp³-hybridized carbons (Fsp3) is 0.500. The van der Waals surface area contributed by atoms with Gasteiger partial charge < -0.3 is 15.9 Å². The lowest BCUT2D eigenvalue weighted by Gasteiger charge is -2.15. The van der Waals surface area contributed by atoms with E-state index in [1.165, 1.54) is 23.1 Å². The van der Waals surface area contributed by atoms with Crippen molar-refractivity contribution in [2.45, 2.75) is 28.7 Å². The topological polar surface area (TPSA) is 96.4 Å². The summed E-state index contributed by atoms with van der Waals surface area (Å²) in [7, 11) is 0. The van der Waals surface area contributed by atoms with Gasteiger partial charge in [0.25, 0.3) is 0 Å². The molecule has 0 aliphatic heterocycles. The van der Waals surface area contributed by atoms with Crippen molar-refractivity contribution in [2.24, 2.45) is 5.73 Å². The molecule has 1 rings (SSSR count). The largest absolute Gasteiger partial charge is 0.481 e. The first-order valence-corrected chi connectivity index (χ1v) is 6.07. The first kappa shape index (κ1) is 12.4. The minimum atomic E-state index is -0.930. The number of aromatic nitrogens is 1. The highest BCUT2D eigenvalue weighted by molar-refractivity contribution is 8.01. The standard InChI is InChI=1S/C8H12N2O3S2/c9-7(5(11)1-2-6(12)13)15-8-10-3-4-14-8/h3-5,7,11H,1-2,9H2,(H,12,13). The number of nitrogens with two attached hydrogens (primary N) is 1. The molecule has 7 heteroatoms. The number of carboxylic acids is 1. The number of nitrogens with zero attached hydrogens (tertiary/aromatic N) is 1. The van der Waals surface area contributed by atoms with Gasteiger partial charge in [-0.25, -0.2) is 4.98 Å². The molecule has 15 heavy (non-hydrogen) atoms. The van der Waals surface area contributed by atoms with Crippen LogP contribution < -0.4 is 5.73 Å². The molecule has 0 saturated heterocycles. The van der Waals surface area contributed by atoms with Crippen molar-refractivity contribution in [3.8, 4) is 0 Å². The van der Waals surface area contributed by atoms with Crippen LogP contribution >= 0.6 is 23.1 Å². The van der Waals surface area contributed by atoms with Gasteiger partial charge in [0.15, 0.2) is 4.34 Å². The number of carboxylic acid groups (broad SMARTS) is 1. The zero-order valence-electron chi connectivity index (χ0n) is 7.87. The number of hydrogen-bond acceptors (Lipinski definition) is 6. The van der Waals surface area contributed by atoms with Crippen LogP contribution in [0, 0.1) is 0 Å². The lowest BCUT2D eigenvalue weighted by molar-refractivity contribution is -0.137. The van der Waals surface area contributed by atoms with Gasteiger partial charge in [0.05, 0.1) is 11.5 Å². The van der Waals surface area contributed by atoms with Gasteiger partial charge in [-0.1, -0.05) is 11.8 Å². The van der Waals surface area contributed by atoms with Crippen molar-refractivity contribution < 1.29 is 15.0 Å². The smallest absolute Gasteiger partial charge is 0.303 e. The molecule has 0 aliphatic rings. The molecule has 1 heterocycles. The Morgan fingerprint density at radius 1 is 1.73 bits per heavy atom. The van der Waals surface area contributed by atoms with Gasteiger partial charge in [-0.05, 0) is 6.42 Å². The van der Waals surface area contributed by atoms with Gasteiger partial charge in [-0.15, -0.1) is 11.3 Å². The summed E-state index contributed by atoms with van der Waals surface area (Å²) in [6, 6.07) is 0. The van der Waals surface area contributed by atoms with Crippen LogP contribution in [0.4, 0.5) is 0 Å². The van der Waals surface area contributed by atoms with E-state index < -0.39 is 17.4 Å². The van der Waals surface area contributed by atoms with Crippen LogP contribution in [0.5, 0.6) is 0 Å². The van der Waals surface area contributed by atoms with Crippen molar-refractivity contribution in [1.82, 2.24) is 4.98 Å². The number of carbonyl (C=O) groups is 1. The van der Waals surface area contributed by atoms with Gasteiger partial charge in [-0.3, -0.25) is 4.79 Å². The van der Waals surface area contributed by atoms with Gasteiger partial charge in [0.2, 0.25) is 0 Å². The number of aliphatic hydroxyl groups excluding tert-OH is 1. The second-order valence-corrected chi connectivity index (χ2v) is 5.20. The Balaban J connectivity index is 2.33. The summed E-state index contributed by atoms with van der Waals surface area (Å²) in [5.41, 5.74) is 5.68. The molecular weight excluding hydrogens is 236 g/mol. The summed E-state index contributed by atoms with van der Waals surface area (Å²) in [4.78, 5) is 14.3. The molecule has 0 aromatic carbocycles. The minimum Gasteiger partial charge on any atom is -0.481 e. The predicted molar refractivity (Wildman–Crippen MR) is 58.8 cm³/mol. The lowest BCUT2D eigenvalue weighted by atomic mass is 10.2. The number of aliphatic carboxylic acids is 1. The molecule has 0 aliphatic carbocycles. The van der Waals surface area contributed by atoms with Crippen LogP contribution in [0.3, 0.4) is 0 Å². The third-order valence-electron chi connectivity index (χ3n) is 1.68. The van der Waals surface area contributed by atoms with Crippen molar-refractivity contribution in [3.63, 3.8) is 0 Å². The molecule has 0 spiro atoms. The monoisotopic (exact) mass is 248 g/mol. The van der Waals surface area contributed by atoms with Crippen LogP contribution in [0.2, 0.25) is 0 Å². The van der Waals surface area contributed by atoms with Gasteiger partial charge in [0.1, 0.15) is 0 Å². The molecule has 1 aromatic heterocycles. The van der Waals surface area contributed by atoms with E-state index in [9.17, 15) is 9.90 Å². The maximum Gasteiger partial charge on any atom is 0.303 e. The zero-order chi connectivity index (χ0) is 11.3. The molecular formula is C8H12N2O3S2. The van der Waals surface area contributed by atoms with Gasteiger partial charge >= 0.3 is 5.97 Å². The zero-order valence-corrected chi connectivity index (χ0v) is 9.50. The molecule has 1 aromatic rings. The normalized spacial score (nSPS) is 14.8. The third-order valence-corrected chi connectivity index (χ3v) is 3.72. The minimum absolute atomic E-state index is 0.0761. The van der Waals surface area contributed by atoms with Crippen LogP contribution in [-0.2, 0) is 4.79 Å². The molecule has 0 amide bonds. The maximum atomic E-state index is 10.3. The molecule has 2 unspecified atom stereocenters. The Hall–Kier alpha value is -0.630. The highest BCUT2D eigenvalue weighted by Gasteiger charge is 2.18. The third kappa shape index (κ3) is 4.61. The number of hydrogen-bond donors (Lipinski definition) is 3. The number of thioether (sulfide) groups is 1. The molecule has 0 saturated carbocycles. The fourth-order valence-electron chi connectivity index (χ4n) is 0.899. The Morgan fingerprint density at radius 2 is 2.47 bits per heavy atom. The van der Waals surface area contributed by atoms with E-state index >= 15 is 0 Å². The Morgan fingerprint density at radius 3 is 3.00 bits per heavy atom. The Labute approximate surface area is 95.3 Å². The molecule has 0 radical (unpaired) electrons. The van der Waals surface area contributed by atoms with Crippen LogP contribution in [0.1, 0.15) is 12.8 Å². The van der Waals surface area contributed by atoms with Crippen LogP contribution in [-0.4, -0.2) is 32.6 Å². The summed E-state index contributed by atoms with van der Waals surface area (Å²) in [6.07, 6.45) is 0.918. The highest BCUT2D eigenvalue weighted by atomic mass is 32.2. The SMILES string of the molecule is NC(Sc1nccs1)C(O)CCC(=O)O. The number of aliphatic hydroxyl groups is 1. The van der Waals surface area contributed by atoms with Crippen LogP contribution in [0.25, 0.3) is 0 Å². The van der Waals surface area contributed by atoms with E-state index in [0.717, 1.165) is 4.34 Å².